The van der Waals surface area contributed by atoms with Crippen molar-refractivity contribution in [1.29, 1.82) is 0 Å². The van der Waals surface area contributed by atoms with Gasteiger partial charge in [-0.2, -0.15) is 0 Å². The summed E-state index contributed by atoms with van der Waals surface area (Å²) in [6.07, 6.45) is 7.51. The number of fused-ring (bicyclic) bond motifs is 1. The van der Waals surface area contributed by atoms with Crippen LogP contribution in [0.2, 0.25) is 0 Å². The molecule has 0 unspecified atom stereocenters. The van der Waals surface area contributed by atoms with Crippen LogP contribution in [-0.2, 0) is 13.1 Å². The zero-order valence-electron chi connectivity index (χ0n) is 11.5. The molecule has 0 saturated heterocycles. The second-order valence-corrected chi connectivity index (χ2v) is 4.92. The van der Waals surface area contributed by atoms with Gasteiger partial charge in [0.05, 0.1) is 0 Å². The van der Waals surface area contributed by atoms with Crippen LogP contribution in [0.5, 0.6) is 0 Å². The predicted molar refractivity (Wildman–Crippen MR) is 81.3 cm³/mol. The molecule has 3 aromatic rings. The maximum atomic E-state index is 4.17. The highest BCUT2D eigenvalue weighted by molar-refractivity contribution is 5.84. The number of benzene rings is 1. The van der Waals surface area contributed by atoms with Gasteiger partial charge in [0.25, 0.3) is 0 Å². The van der Waals surface area contributed by atoms with Crippen LogP contribution >= 0.6 is 0 Å². The van der Waals surface area contributed by atoms with Crippen LogP contribution in [0.1, 0.15) is 16.7 Å². The van der Waals surface area contributed by atoms with Gasteiger partial charge in [-0.15, -0.1) is 0 Å². The summed E-state index contributed by atoms with van der Waals surface area (Å²) in [6.45, 7) is 3.79. The van der Waals surface area contributed by atoms with E-state index in [-0.39, 0.29) is 0 Å². The van der Waals surface area contributed by atoms with Gasteiger partial charge in [0, 0.05) is 43.3 Å². The van der Waals surface area contributed by atoms with Crippen LogP contribution in [0, 0.1) is 6.92 Å². The highest BCUT2D eigenvalue weighted by Gasteiger charge is 2.01. The Hall–Kier alpha value is -2.26. The van der Waals surface area contributed by atoms with E-state index in [4.69, 9.17) is 0 Å². The van der Waals surface area contributed by atoms with Gasteiger partial charge < -0.3 is 5.32 Å². The van der Waals surface area contributed by atoms with Crippen LogP contribution < -0.4 is 5.32 Å². The van der Waals surface area contributed by atoms with Crippen LogP contribution in [0.25, 0.3) is 10.8 Å². The third-order valence-corrected chi connectivity index (χ3v) is 3.55. The number of nitrogens with one attached hydrogen (secondary N) is 1. The quantitative estimate of drug-likeness (QED) is 0.785. The van der Waals surface area contributed by atoms with Gasteiger partial charge in [0.2, 0.25) is 0 Å². The summed E-state index contributed by atoms with van der Waals surface area (Å²) in [5, 5.41) is 5.94. The second kappa shape index (κ2) is 5.80. The van der Waals surface area contributed by atoms with Crippen LogP contribution in [-0.4, -0.2) is 9.97 Å². The monoisotopic (exact) mass is 263 g/mol. The molecule has 1 N–H and O–H groups in total. The average molecular weight is 263 g/mol. The van der Waals surface area contributed by atoms with Gasteiger partial charge in [-0.25, -0.2) is 0 Å². The van der Waals surface area contributed by atoms with Gasteiger partial charge in [0.1, 0.15) is 0 Å². The first-order valence-corrected chi connectivity index (χ1v) is 6.76. The number of hydrogen-bond donors (Lipinski definition) is 1. The summed E-state index contributed by atoms with van der Waals surface area (Å²) in [6, 6.07) is 10.4. The van der Waals surface area contributed by atoms with Crippen molar-refractivity contribution in [2.75, 3.05) is 0 Å². The number of aromatic nitrogens is 2. The van der Waals surface area contributed by atoms with Gasteiger partial charge in [-0.05, 0) is 41.1 Å². The maximum absolute atomic E-state index is 4.17. The zero-order chi connectivity index (χ0) is 13.8. The number of hydrogen-bond acceptors (Lipinski definition) is 3. The lowest BCUT2D eigenvalue weighted by Crippen LogP contribution is -2.13. The number of nitrogens with zero attached hydrogens (tertiary/aromatic N) is 2. The second-order valence-electron chi connectivity index (χ2n) is 4.92. The third kappa shape index (κ3) is 2.68. The molecule has 0 saturated carbocycles. The summed E-state index contributed by atoms with van der Waals surface area (Å²) in [5.74, 6) is 0. The fourth-order valence-corrected chi connectivity index (χ4v) is 2.36. The number of pyridine rings is 2. The van der Waals surface area contributed by atoms with E-state index in [1.165, 1.54) is 27.5 Å². The normalized spacial score (nSPS) is 10.8. The van der Waals surface area contributed by atoms with Gasteiger partial charge >= 0.3 is 0 Å². The molecule has 2 heterocycles. The van der Waals surface area contributed by atoms with Crippen molar-refractivity contribution >= 4 is 10.8 Å². The molecule has 0 radical (unpaired) electrons. The molecule has 0 aliphatic heterocycles. The lowest BCUT2D eigenvalue weighted by molar-refractivity contribution is 0.691. The van der Waals surface area contributed by atoms with Crippen molar-refractivity contribution in [2.24, 2.45) is 0 Å². The Morgan fingerprint density at radius 3 is 2.60 bits per heavy atom. The SMILES string of the molecule is Cc1ccncc1CNCc1cccc2cnccc12. The zero-order valence-corrected chi connectivity index (χ0v) is 11.5. The Morgan fingerprint density at radius 2 is 1.70 bits per heavy atom. The smallest absolute Gasteiger partial charge is 0.0346 e. The molecule has 0 aliphatic rings. The molecule has 0 aliphatic carbocycles. The molecule has 0 amide bonds. The van der Waals surface area contributed by atoms with Gasteiger partial charge in [-0.1, -0.05) is 18.2 Å². The lowest BCUT2D eigenvalue weighted by atomic mass is 10.1. The lowest BCUT2D eigenvalue weighted by Gasteiger charge is -2.09. The first-order valence-electron chi connectivity index (χ1n) is 6.76. The summed E-state index contributed by atoms with van der Waals surface area (Å²) in [4.78, 5) is 8.34. The molecular weight excluding hydrogens is 246 g/mol. The first-order chi connectivity index (χ1) is 9.84. The van der Waals surface area contributed by atoms with Gasteiger partial charge in [0.15, 0.2) is 0 Å². The van der Waals surface area contributed by atoms with Crippen molar-refractivity contribution in [3.63, 3.8) is 0 Å². The molecule has 100 valence electrons. The predicted octanol–water partition coefficient (Wildman–Crippen LogP) is 3.23. The molecule has 3 nitrogen and oxygen atoms in total. The van der Waals surface area contributed by atoms with Gasteiger partial charge in [-0.3, -0.25) is 9.97 Å². The largest absolute Gasteiger partial charge is 0.309 e. The molecule has 0 fully saturated rings. The van der Waals surface area contributed by atoms with E-state index in [2.05, 4.69) is 46.5 Å². The standard InChI is InChI=1S/C17H17N3/c1-13-5-7-18-11-16(13)12-20-10-15-4-2-3-14-9-19-8-6-17(14)15/h2-9,11,20H,10,12H2,1H3. The molecule has 1 aromatic carbocycles. The van der Waals surface area contributed by atoms with Crippen LogP contribution in [0.15, 0.2) is 55.1 Å². The van der Waals surface area contributed by atoms with Crippen molar-refractivity contribution in [3.05, 3.63) is 71.8 Å². The van der Waals surface area contributed by atoms with E-state index in [0.717, 1.165) is 13.1 Å². The Labute approximate surface area is 118 Å². The molecule has 20 heavy (non-hydrogen) atoms. The fraction of sp³-hybridized carbons (Fsp3) is 0.176. The molecule has 0 atom stereocenters. The average Bonchev–Trinajstić information content (AvgIpc) is 2.49. The molecule has 3 rings (SSSR count). The highest BCUT2D eigenvalue weighted by atomic mass is 14.9. The van der Waals surface area contributed by atoms with Crippen molar-refractivity contribution < 1.29 is 0 Å². The van der Waals surface area contributed by atoms with E-state index in [1.807, 2.05) is 30.9 Å². The molecule has 0 bridgehead atoms. The Bertz CT molecular complexity index is 717. The maximum Gasteiger partial charge on any atom is 0.0346 e. The Morgan fingerprint density at radius 1 is 0.900 bits per heavy atom. The van der Waals surface area contributed by atoms with Crippen molar-refractivity contribution in [2.45, 2.75) is 20.0 Å². The van der Waals surface area contributed by atoms with Crippen molar-refractivity contribution in [3.8, 4) is 0 Å². The van der Waals surface area contributed by atoms with Crippen LogP contribution in [0.3, 0.4) is 0 Å². The van der Waals surface area contributed by atoms with E-state index in [0.29, 0.717) is 0 Å². The third-order valence-electron chi connectivity index (χ3n) is 3.55. The Kier molecular flexibility index (Phi) is 3.70. The number of aryl methyl sites for hydroxylation is 1. The first kappa shape index (κ1) is 12.8. The summed E-state index contributed by atoms with van der Waals surface area (Å²) in [5.41, 5.74) is 3.82. The van der Waals surface area contributed by atoms with Crippen LogP contribution in [0.4, 0.5) is 0 Å². The highest BCUT2D eigenvalue weighted by Crippen LogP contribution is 2.17. The minimum atomic E-state index is 0.834. The molecule has 2 aromatic heterocycles. The summed E-state index contributed by atoms with van der Waals surface area (Å²) >= 11 is 0. The van der Waals surface area contributed by atoms with E-state index >= 15 is 0 Å². The topological polar surface area (TPSA) is 37.8 Å². The Balaban J connectivity index is 1.73. The number of rotatable bonds is 4. The summed E-state index contributed by atoms with van der Waals surface area (Å²) in [7, 11) is 0. The molecule has 0 spiro atoms. The minimum absolute atomic E-state index is 0.834. The fourth-order valence-electron chi connectivity index (χ4n) is 2.36. The minimum Gasteiger partial charge on any atom is -0.309 e. The van der Waals surface area contributed by atoms with E-state index < -0.39 is 0 Å². The van der Waals surface area contributed by atoms with Crippen molar-refractivity contribution in [1.82, 2.24) is 15.3 Å². The summed E-state index contributed by atoms with van der Waals surface area (Å²) < 4.78 is 0. The molecular formula is C17H17N3. The van der Waals surface area contributed by atoms with E-state index in [9.17, 15) is 0 Å². The van der Waals surface area contributed by atoms with E-state index in [1.54, 1.807) is 0 Å². The molecule has 3 heteroatoms.